The molecule has 0 aliphatic carbocycles. The number of nitrogens with one attached hydrogen (secondary N) is 1. The number of para-hydroxylation sites is 1. The standard InChI is InChI=1S/C21H16N2O/c24-21-20(17-13-7-8-14-18(17)22-21)23-19(15-9-3-1-4-10-15)16-11-5-2-6-12-16/h1-14,19H,(H,22,23,24). The molecule has 116 valence electrons. The van der Waals surface area contributed by atoms with E-state index in [0.29, 0.717) is 5.71 Å². The van der Waals surface area contributed by atoms with Gasteiger partial charge in [0.25, 0.3) is 5.91 Å². The molecule has 3 heteroatoms. The highest BCUT2D eigenvalue weighted by atomic mass is 16.2. The lowest BCUT2D eigenvalue weighted by atomic mass is 9.98. The predicted molar refractivity (Wildman–Crippen MR) is 96.3 cm³/mol. The molecule has 3 nitrogen and oxygen atoms in total. The van der Waals surface area contributed by atoms with Crippen molar-refractivity contribution in [1.82, 2.24) is 0 Å². The third kappa shape index (κ3) is 2.61. The molecular weight excluding hydrogens is 296 g/mol. The van der Waals surface area contributed by atoms with Crippen LogP contribution in [0.1, 0.15) is 22.7 Å². The first-order chi connectivity index (χ1) is 11.8. The number of amides is 1. The normalized spacial score (nSPS) is 14.7. The van der Waals surface area contributed by atoms with E-state index in [1.54, 1.807) is 0 Å². The van der Waals surface area contributed by atoms with Crippen molar-refractivity contribution < 1.29 is 4.79 Å². The Labute approximate surface area is 140 Å². The van der Waals surface area contributed by atoms with Gasteiger partial charge in [-0.2, -0.15) is 0 Å². The van der Waals surface area contributed by atoms with E-state index in [1.807, 2.05) is 84.9 Å². The molecule has 0 unspecified atom stereocenters. The summed E-state index contributed by atoms with van der Waals surface area (Å²) in [7, 11) is 0. The number of rotatable bonds is 3. The summed E-state index contributed by atoms with van der Waals surface area (Å²) in [5.74, 6) is -0.145. The fourth-order valence-electron chi connectivity index (χ4n) is 2.97. The summed E-state index contributed by atoms with van der Waals surface area (Å²) >= 11 is 0. The largest absolute Gasteiger partial charge is 0.320 e. The first-order valence-electron chi connectivity index (χ1n) is 7.91. The molecule has 3 aromatic rings. The van der Waals surface area contributed by atoms with Gasteiger partial charge < -0.3 is 5.32 Å². The zero-order chi connectivity index (χ0) is 16.4. The fraction of sp³-hybridized carbons (Fsp3) is 0.0476. The number of carbonyl (C=O) groups is 1. The second-order valence-corrected chi connectivity index (χ2v) is 5.70. The molecule has 0 bridgehead atoms. The Bertz CT molecular complexity index is 862. The van der Waals surface area contributed by atoms with Gasteiger partial charge in [-0.15, -0.1) is 0 Å². The molecule has 3 aromatic carbocycles. The fourth-order valence-corrected chi connectivity index (χ4v) is 2.97. The molecule has 1 aliphatic heterocycles. The Hall–Kier alpha value is -3.20. The van der Waals surface area contributed by atoms with E-state index in [1.165, 1.54) is 0 Å². The number of hydrogen-bond acceptors (Lipinski definition) is 2. The number of nitrogens with zero attached hydrogens (tertiary/aromatic N) is 1. The van der Waals surface area contributed by atoms with E-state index in [2.05, 4.69) is 5.32 Å². The Morgan fingerprint density at radius 2 is 1.25 bits per heavy atom. The van der Waals surface area contributed by atoms with Gasteiger partial charge in [-0.05, 0) is 17.2 Å². The van der Waals surface area contributed by atoms with E-state index in [-0.39, 0.29) is 11.9 Å². The molecule has 4 rings (SSSR count). The van der Waals surface area contributed by atoms with Gasteiger partial charge in [0.15, 0.2) is 0 Å². The van der Waals surface area contributed by atoms with E-state index in [4.69, 9.17) is 4.99 Å². The van der Waals surface area contributed by atoms with Gasteiger partial charge in [0.1, 0.15) is 11.8 Å². The van der Waals surface area contributed by atoms with Crippen LogP contribution in [0.5, 0.6) is 0 Å². The third-order valence-corrected chi connectivity index (χ3v) is 4.13. The zero-order valence-corrected chi connectivity index (χ0v) is 13.0. The molecule has 1 N–H and O–H groups in total. The van der Waals surface area contributed by atoms with Gasteiger partial charge in [-0.3, -0.25) is 9.79 Å². The molecule has 24 heavy (non-hydrogen) atoms. The topological polar surface area (TPSA) is 41.5 Å². The van der Waals surface area contributed by atoms with Gasteiger partial charge in [-0.1, -0.05) is 78.9 Å². The van der Waals surface area contributed by atoms with Crippen LogP contribution < -0.4 is 5.32 Å². The van der Waals surface area contributed by atoms with Gasteiger partial charge >= 0.3 is 0 Å². The maximum absolute atomic E-state index is 12.4. The average molecular weight is 312 g/mol. The molecule has 1 amide bonds. The van der Waals surface area contributed by atoms with E-state index in [9.17, 15) is 4.79 Å². The Balaban J connectivity index is 1.85. The second-order valence-electron chi connectivity index (χ2n) is 5.70. The molecule has 1 heterocycles. The van der Waals surface area contributed by atoms with Crippen molar-refractivity contribution in [3.8, 4) is 0 Å². The average Bonchev–Trinajstić information content (AvgIpc) is 2.96. The molecule has 1 aliphatic rings. The van der Waals surface area contributed by atoms with Gasteiger partial charge in [0.05, 0.1) is 5.69 Å². The van der Waals surface area contributed by atoms with E-state index < -0.39 is 0 Å². The molecule has 0 fully saturated rings. The monoisotopic (exact) mass is 312 g/mol. The number of benzene rings is 3. The van der Waals surface area contributed by atoms with Crippen LogP contribution in [-0.4, -0.2) is 11.6 Å². The van der Waals surface area contributed by atoms with Crippen LogP contribution >= 0.6 is 0 Å². The molecule has 0 saturated heterocycles. The predicted octanol–water partition coefficient (Wildman–Crippen LogP) is 4.22. The second kappa shape index (κ2) is 6.13. The van der Waals surface area contributed by atoms with Crippen LogP contribution in [0.2, 0.25) is 0 Å². The maximum atomic E-state index is 12.4. The lowest BCUT2D eigenvalue weighted by molar-refractivity contribution is -0.110. The van der Waals surface area contributed by atoms with Gasteiger partial charge in [0, 0.05) is 5.56 Å². The van der Waals surface area contributed by atoms with Crippen LogP contribution in [0.3, 0.4) is 0 Å². The summed E-state index contributed by atoms with van der Waals surface area (Å²) in [6.45, 7) is 0. The van der Waals surface area contributed by atoms with E-state index >= 15 is 0 Å². The van der Waals surface area contributed by atoms with Crippen LogP contribution in [0.4, 0.5) is 5.69 Å². The van der Waals surface area contributed by atoms with Crippen molar-refractivity contribution in [1.29, 1.82) is 0 Å². The molecule has 0 radical (unpaired) electrons. The van der Waals surface area contributed by atoms with Crippen molar-refractivity contribution >= 4 is 17.3 Å². The van der Waals surface area contributed by atoms with Crippen LogP contribution in [0, 0.1) is 0 Å². The van der Waals surface area contributed by atoms with Crippen LogP contribution in [-0.2, 0) is 4.79 Å². The van der Waals surface area contributed by atoms with Crippen molar-refractivity contribution in [3.63, 3.8) is 0 Å². The first kappa shape index (κ1) is 14.4. The quantitative estimate of drug-likeness (QED) is 0.773. The van der Waals surface area contributed by atoms with Crippen LogP contribution in [0.25, 0.3) is 0 Å². The number of fused-ring (bicyclic) bond motifs is 1. The first-order valence-corrected chi connectivity index (χ1v) is 7.91. The minimum absolute atomic E-state index is 0.145. The summed E-state index contributed by atoms with van der Waals surface area (Å²) in [5, 5.41) is 2.89. The number of anilines is 1. The summed E-state index contributed by atoms with van der Waals surface area (Å²) in [6, 6.07) is 27.6. The summed E-state index contributed by atoms with van der Waals surface area (Å²) in [6.07, 6.45) is 0. The SMILES string of the molecule is O=C1Nc2ccccc2C1=NC(c1ccccc1)c1ccccc1. The molecule has 0 spiro atoms. The molecule has 0 atom stereocenters. The molecule has 0 saturated carbocycles. The minimum Gasteiger partial charge on any atom is -0.320 e. The van der Waals surface area contributed by atoms with Gasteiger partial charge in [-0.25, -0.2) is 0 Å². The van der Waals surface area contributed by atoms with Crippen LogP contribution in [0.15, 0.2) is 89.9 Å². The highest BCUT2D eigenvalue weighted by Crippen LogP contribution is 2.30. The smallest absolute Gasteiger partial charge is 0.274 e. The number of hydrogen-bond donors (Lipinski definition) is 1. The van der Waals surface area contributed by atoms with Gasteiger partial charge in [0.2, 0.25) is 0 Å². The zero-order valence-electron chi connectivity index (χ0n) is 13.0. The van der Waals surface area contributed by atoms with Crippen molar-refractivity contribution in [2.45, 2.75) is 6.04 Å². The Morgan fingerprint density at radius 1 is 0.708 bits per heavy atom. The minimum atomic E-state index is -0.209. The molecular formula is C21H16N2O. The number of carbonyl (C=O) groups excluding carboxylic acids is 1. The van der Waals surface area contributed by atoms with Crippen molar-refractivity contribution in [3.05, 3.63) is 102 Å². The van der Waals surface area contributed by atoms with E-state index in [0.717, 1.165) is 22.4 Å². The summed E-state index contributed by atoms with van der Waals surface area (Å²) in [5.41, 5.74) is 4.30. The third-order valence-electron chi connectivity index (χ3n) is 4.13. The summed E-state index contributed by atoms with van der Waals surface area (Å²) in [4.78, 5) is 17.2. The number of aliphatic imine (C=N–C) groups is 1. The maximum Gasteiger partial charge on any atom is 0.274 e. The Morgan fingerprint density at radius 3 is 1.88 bits per heavy atom. The highest BCUT2D eigenvalue weighted by Gasteiger charge is 2.27. The Kier molecular flexibility index (Phi) is 3.67. The lowest BCUT2D eigenvalue weighted by Gasteiger charge is -2.14. The lowest BCUT2D eigenvalue weighted by Crippen LogP contribution is -2.16. The van der Waals surface area contributed by atoms with Crippen molar-refractivity contribution in [2.24, 2.45) is 4.99 Å². The molecule has 0 aromatic heterocycles. The summed E-state index contributed by atoms with van der Waals surface area (Å²) < 4.78 is 0. The van der Waals surface area contributed by atoms with Crippen molar-refractivity contribution in [2.75, 3.05) is 5.32 Å². The highest BCUT2D eigenvalue weighted by molar-refractivity contribution is 6.53.